The van der Waals surface area contributed by atoms with Gasteiger partial charge in [0.15, 0.2) is 0 Å². The van der Waals surface area contributed by atoms with Crippen molar-refractivity contribution in [3.05, 3.63) is 0 Å². The first-order valence-corrected chi connectivity index (χ1v) is 6.52. The molecular formula is C13H26N2O3. The Bertz CT molecular complexity index is 299. The van der Waals surface area contributed by atoms with Crippen LogP contribution in [0.25, 0.3) is 0 Å². The van der Waals surface area contributed by atoms with Crippen molar-refractivity contribution < 1.29 is 14.7 Å². The molecule has 1 unspecified atom stereocenters. The standard InChI is InChI=1S/C13H26N2O3/c1-7-14(8-2)11(16)10(4)15(9-3)13(5,6)12(17)18/h10H,7-9H2,1-6H3,(H,17,18). The third-order valence-corrected chi connectivity index (χ3v) is 3.48. The van der Waals surface area contributed by atoms with E-state index in [-0.39, 0.29) is 5.91 Å². The van der Waals surface area contributed by atoms with Crippen LogP contribution in [0.5, 0.6) is 0 Å². The van der Waals surface area contributed by atoms with Crippen LogP contribution in [-0.2, 0) is 9.59 Å². The van der Waals surface area contributed by atoms with Gasteiger partial charge in [0.05, 0.1) is 6.04 Å². The topological polar surface area (TPSA) is 60.9 Å². The van der Waals surface area contributed by atoms with Gasteiger partial charge >= 0.3 is 5.97 Å². The Balaban J connectivity index is 5.08. The number of carboxylic acid groups (broad SMARTS) is 1. The number of carbonyl (C=O) groups is 2. The van der Waals surface area contributed by atoms with Crippen molar-refractivity contribution in [3.8, 4) is 0 Å². The molecule has 0 aliphatic heterocycles. The highest BCUT2D eigenvalue weighted by Crippen LogP contribution is 2.19. The monoisotopic (exact) mass is 258 g/mol. The molecule has 5 heteroatoms. The average molecular weight is 258 g/mol. The maximum Gasteiger partial charge on any atom is 0.323 e. The number of hydrogen-bond donors (Lipinski definition) is 1. The van der Waals surface area contributed by atoms with E-state index in [9.17, 15) is 14.7 Å². The number of hydrogen-bond acceptors (Lipinski definition) is 3. The van der Waals surface area contributed by atoms with Crippen molar-refractivity contribution >= 4 is 11.9 Å². The van der Waals surface area contributed by atoms with Crippen molar-refractivity contribution in [2.24, 2.45) is 0 Å². The Kier molecular flexibility index (Phi) is 6.32. The van der Waals surface area contributed by atoms with Gasteiger partial charge in [0.25, 0.3) is 0 Å². The van der Waals surface area contributed by atoms with Crippen LogP contribution in [0.4, 0.5) is 0 Å². The molecule has 0 bridgehead atoms. The van der Waals surface area contributed by atoms with E-state index in [0.29, 0.717) is 19.6 Å². The van der Waals surface area contributed by atoms with Crippen LogP contribution in [-0.4, -0.2) is 58.0 Å². The Morgan fingerprint density at radius 2 is 1.56 bits per heavy atom. The van der Waals surface area contributed by atoms with E-state index in [1.165, 1.54) is 0 Å². The Morgan fingerprint density at radius 3 is 1.83 bits per heavy atom. The van der Waals surface area contributed by atoms with Gasteiger partial charge in [-0.2, -0.15) is 0 Å². The average Bonchev–Trinajstić information content (AvgIpc) is 2.30. The number of amides is 1. The highest BCUT2D eigenvalue weighted by molar-refractivity contribution is 5.84. The van der Waals surface area contributed by atoms with Gasteiger partial charge in [-0.15, -0.1) is 0 Å². The molecule has 0 saturated heterocycles. The highest BCUT2D eigenvalue weighted by Gasteiger charge is 2.39. The largest absolute Gasteiger partial charge is 0.480 e. The SMILES string of the molecule is CCN(CC)C(=O)C(C)N(CC)C(C)(C)C(=O)O. The van der Waals surface area contributed by atoms with Crippen LogP contribution in [0.15, 0.2) is 0 Å². The summed E-state index contributed by atoms with van der Waals surface area (Å²) in [6.07, 6.45) is 0. The van der Waals surface area contributed by atoms with Gasteiger partial charge in [-0.3, -0.25) is 14.5 Å². The molecule has 1 amide bonds. The first-order valence-electron chi connectivity index (χ1n) is 6.52. The maximum absolute atomic E-state index is 12.3. The van der Waals surface area contributed by atoms with Gasteiger partial charge in [-0.05, 0) is 41.2 Å². The summed E-state index contributed by atoms with van der Waals surface area (Å²) in [5, 5.41) is 9.26. The molecule has 0 aliphatic carbocycles. The predicted molar refractivity (Wildman–Crippen MR) is 71.5 cm³/mol. The lowest BCUT2D eigenvalue weighted by Crippen LogP contribution is -2.58. The van der Waals surface area contributed by atoms with Crippen LogP contribution in [0.3, 0.4) is 0 Å². The first kappa shape index (κ1) is 16.9. The molecule has 0 aromatic heterocycles. The van der Waals surface area contributed by atoms with E-state index in [4.69, 9.17) is 0 Å². The summed E-state index contributed by atoms with van der Waals surface area (Å²) < 4.78 is 0. The lowest BCUT2D eigenvalue weighted by Gasteiger charge is -2.39. The Labute approximate surface area is 110 Å². The summed E-state index contributed by atoms with van der Waals surface area (Å²) in [4.78, 5) is 27.0. The summed E-state index contributed by atoms with van der Waals surface area (Å²) in [5.74, 6) is -0.931. The number of aliphatic carboxylic acids is 1. The molecule has 106 valence electrons. The van der Waals surface area contributed by atoms with E-state index in [1.807, 2.05) is 20.8 Å². The van der Waals surface area contributed by atoms with Crippen molar-refractivity contribution in [1.82, 2.24) is 9.80 Å². The molecule has 0 spiro atoms. The maximum atomic E-state index is 12.3. The van der Waals surface area contributed by atoms with Gasteiger partial charge in [0.2, 0.25) is 5.91 Å². The summed E-state index contributed by atoms with van der Waals surface area (Å²) in [6.45, 7) is 12.6. The number of likely N-dealkylation sites (N-methyl/N-ethyl adjacent to an activating group) is 2. The molecule has 0 rings (SSSR count). The molecule has 0 radical (unpaired) electrons. The molecule has 0 heterocycles. The summed E-state index contributed by atoms with van der Waals surface area (Å²) >= 11 is 0. The molecule has 0 aliphatic rings. The van der Waals surface area contributed by atoms with Crippen molar-refractivity contribution in [2.45, 2.75) is 53.1 Å². The lowest BCUT2D eigenvalue weighted by molar-refractivity contribution is -0.154. The Hall–Kier alpha value is -1.10. The van der Waals surface area contributed by atoms with Gasteiger partial charge in [0.1, 0.15) is 5.54 Å². The van der Waals surface area contributed by atoms with Gasteiger partial charge in [-0.1, -0.05) is 6.92 Å². The van der Waals surface area contributed by atoms with Gasteiger partial charge in [0, 0.05) is 13.1 Å². The van der Waals surface area contributed by atoms with E-state index < -0.39 is 17.6 Å². The smallest absolute Gasteiger partial charge is 0.323 e. The summed E-state index contributed by atoms with van der Waals surface area (Å²) in [5.41, 5.74) is -1.04. The van der Waals surface area contributed by atoms with E-state index >= 15 is 0 Å². The van der Waals surface area contributed by atoms with Gasteiger partial charge < -0.3 is 10.0 Å². The fourth-order valence-electron chi connectivity index (χ4n) is 2.21. The van der Waals surface area contributed by atoms with Crippen LogP contribution in [0, 0.1) is 0 Å². The molecule has 0 aromatic carbocycles. The molecule has 0 aromatic rings. The Morgan fingerprint density at radius 1 is 1.11 bits per heavy atom. The van der Waals surface area contributed by atoms with Crippen LogP contribution < -0.4 is 0 Å². The molecular weight excluding hydrogens is 232 g/mol. The zero-order chi connectivity index (χ0) is 14.5. The number of carboxylic acids is 1. The van der Waals surface area contributed by atoms with Crippen LogP contribution >= 0.6 is 0 Å². The highest BCUT2D eigenvalue weighted by atomic mass is 16.4. The van der Waals surface area contributed by atoms with Gasteiger partial charge in [-0.25, -0.2) is 0 Å². The van der Waals surface area contributed by atoms with Crippen LogP contribution in [0.1, 0.15) is 41.5 Å². The van der Waals surface area contributed by atoms with Crippen LogP contribution in [0.2, 0.25) is 0 Å². The van der Waals surface area contributed by atoms with E-state index in [1.54, 1.807) is 30.6 Å². The molecule has 1 atom stereocenters. The van der Waals surface area contributed by atoms with Crippen molar-refractivity contribution in [2.75, 3.05) is 19.6 Å². The zero-order valence-electron chi connectivity index (χ0n) is 12.4. The normalized spacial score (nSPS) is 13.5. The molecule has 1 N–H and O–H groups in total. The summed E-state index contributed by atoms with van der Waals surface area (Å²) in [7, 11) is 0. The molecule has 0 saturated carbocycles. The minimum Gasteiger partial charge on any atom is -0.480 e. The fraction of sp³-hybridized carbons (Fsp3) is 0.846. The predicted octanol–water partition coefficient (Wildman–Crippen LogP) is 1.43. The van der Waals surface area contributed by atoms with E-state index in [0.717, 1.165) is 0 Å². The zero-order valence-corrected chi connectivity index (χ0v) is 12.4. The van der Waals surface area contributed by atoms with Crippen molar-refractivity contribution in [1.29, 1.82) is 0 Å². The number of rotatable bonds is 7. The molecule has 5 nitrogen and oxygen atoms in total. The minimum atomic E-state index is -1.04. The second-order valence-corrected chi connectivity index (χ2v) is 4.84. The fourth-order valence-corrected chi connectivity index (χ4v) is 2.21. The summed E-state index contributed by atoms with van der Waals surface area (Å²) in [6, 6.07) is -0.430. The second kappa shape index (κ2) is 6.73. The lowest BCUT2D eigenvalue weighted by atomic mass is 10.00. The number of carbonyl (C=O) groups excluding carboxylic acids is 1. The molecule has 18 heavy (non-hydrogen) atoms. The third kappa shape index (κ3) is 3.45. The van der Waals surface area contributed by atoms with E-state index in [2.05, 4.69) is 0 Å². The molecule has 0 fully saturated rings. The first-order chi connectivity index (χ1) is 8.23. The van der Waals surface area contributed by atoms with Crippen molar-refractivity contribution in [3.63, 3.8) is 0 Å². The quantitative estimate of drug-likeness (QED) is 0.750. The second-order valence-electron chi connectivity index (χ2n) is 4.84. The third-order valence-electron chi connectivity index (χ3n) is 3.48. The minimum absolute atomic E-state index is 0.0174. The number of nitrogens with zero attached hydrogens (tertiary/aromatic N) is 2.